The molecule has 1 heterocycles. The van der Waals surface area contributed by atoms with Crippen LogP contribution in [0.1, 0.15) is 55.5 Å². The number of amides is 1. The zero-order chi connectivity index (χ0) is 16.7. The normalized spacial score (nSPS) is 10.6. The molecule has 0 aliphatic rings. The smallest absolute Gasteiger partial charge is 0.251 e. The van der Waals surface area contributed by atoms with Crippen molar-refractivity contribution in [1.82, 2.24) is 10.3 Å². The molecule has 2 N–H and O–H groups in total. The first kappa shape index (κ1) is 17.0. The van der Waals surface area contributed by atoms with Gasteiger partial charge in [0.1, 0.15) is 5.82 Å². The molecule has 0 bridgehead atoms. The Bertz CT molecular complexity index is 653. The Hall–Kier alpha value is -2.36. The van der Waals surface area contributed by atoms with E-state index in [-0.39, 0.29) is 5.91 Å². The molecule has 1 amide bonds. The predicted octanol–water partition coefficient (Wildman–Crippen LogP) is 4.48. The van der Waals surface area contributed by atoms with Gasteiger partial charge >= 0.3 is 0 Å². The first-order valence-electron chi connectivity index (χ1n) is 8.22. The van der Waals surface area contributed by atoms with E-state index < -0.39 is 0 Å². The molecule has 0 atom stereocenters. The van der Waals surface area contributed by atoms with Gasteiger partial charge < -0.3 is 10.6 Å². The highest BCUT2D eigenvalue weighted by atomic mass is 16.1. The molecule has 0 fully saturated rings. The minimum atomic E-state index is -0.0546. The fourth-order valence-electron chi connectivity index (χ4n) is 2.37. The first-order valence-corrected chi connectivity index (χ1v) is 8.22. The molecular formula is C19H25N3O. The van der Waals surface area contributed by atoms with Crippen LogP contribution in [0.2, 0.25) is 0 Å². The Morgan fingerprint density at radius 2 is 2.00 bits per heavy atom. The molecule has 4 nitrogen and oxygen atoms in total. The van der Waals surface area contributed by atoms with Crippen LogP contribution < -0.4 is 10.6 Å². The lowest BCUT2D eigenvalue weighted by molar-refractivity contribution is 0.0953. The fraction of sp³-hybridized carbons (Fsp3) is 0.368. The fourth-order valence-corrected chi connectivity index (χ4v) is 2.37. The van der Waals surface area contributed by atoms with Gasteiger partial charge in [-0.05, 0) is 36.1 Å². The number of pyridine rings is 1. The van der Waals surface area contributed by atoms with Crippen molar-refractivity contribution in [2.75, 3.05) is 11.9 Å². The second-order valence-electron chi connectivity index (χ2n) is 5.91. The summed E-state index contributed by atoms with van der Waals surface area (Å²) in [5, 5.41) is 6.25. The lowest BCUT2D eigenvalue weighted by Crippen LogP contribution is -2.24. The molecule has 0 unspecified atom stereocenters. The molecule has 2 rings (SSSR count). The maximum absolute atomic E-state index is 12.1. The summed E-state index contributed by atoms with van der Waals surface area (Å²) in [6, 6.07) is 11.7. The van der Waals surface area contributed by atoms with E-state index in [4.69, 9.17) is 0 Å². The number of benzene rings is 1. The predicted molar refractivity (Wildman–Crippen MR) is 95.3 cm³/mol. The van der Waals surface area contributed by atoms with E-state index in [1.807, 2.05) is 18.2 Å². The summed E-state index contributed by atoms with van der Waals surface area (Å²) in [5.41, 5.74) is 2.88. The minimum absolute atomic E-state index is 0.0546. The van der Waals surface area contributed by atoms with Crippen LogP contribution in [-0.2, 0) is 0 Å². The SMILES string of the molecule is CCCCNC(=O)c1ccnc(Nc2ccccc2C(C)C)c1. The van der Waals surface area contributed by atoms with Gasteiger partial charge in [-0.1, -0.05) is 45.4 Å². The van der Waals surface area contributed by atoms with Crippen LogP contribution in [0.3, 0.4) is 0 Å². The van der Waals surface area contributed by atoms with E-state index in [1.165, 1.54) is 5.56 Å². The number of carbonyl (C=O) groups is 1. The average Bonchev–Trinajstić information content (AvgIpc) is 2.55. The van der Waals surface area contributed by atoms with Crippen LogP contribution in [0, 0.1) is 0 Å². The molecule has 0 saturated carbocycles. The number of unbranched alkanes of at least 4 members (excludes halogenated alkanes) is 1. The highest BCUT2D eigenvalue weighted by Crippen LogP contribution is 2.26. The van der Waals surface area contributed by atoms with Gasteiger partial charge in [0.25, 0.3) is 5.91 Å². The van der Waals surface area contributed by atoms with Crippen LogP contribution in [0.15, 0.2) is 42.6 Å². The summed E-state index contributed by atoms with van der Waals surface area (Å²) in [6.45, 7) is 7.13. The van der Waals surface area contributed by atoms with Crippen LogP contribution in [-0.4, -0.2) is 17.4 Å². The summed E-state index contributed by atoms with van der Waals surface area (Å²) >= 11 is 0. The molecule has 0 radical (unpaired) electrons. The molecular weight excluding hydrogens is 286 g/mol. The van der Waals surface area contributed by atoms with Gasteiger partial charge in [-0.15, -0.1) is 0 Å². The van der Waals surface area contributed by atoms with Crippen molar-refractivity contribution >= 4 is 17.4 Å². The number of hydrogen-bond acceptors (Lipinski definition) is 3. The number of nitrogens with zero attached hydrogens (tertiary/aromatic N) is 1. The topological polar surface area (TPSA) is 54.0 Å². The second-order valence-corrected chi connectivity index (χ2v) is 5.91. The van der Waals surface area contributed by atoms with Crippen LogP contribution in [0.4, 0.5) is 11.5 Å². The van der Waals surface area contributed by atoms with Crippen LogP contribution >= 0.6 is 0 Å². The number of anilines is 2. The molecule has 0 spiro atoms. The van der Waals surface area contributed by atoms with E-state index in [9.17, 15) is 4.79 Å². The molecule has 0 aliphatic carbocycles. The summed E-state index contributed by atoms with van der Waals surface area (Å²) in [6.07, 6.45) is 3.72. The average molecular weight is 311 g/mol. The third kappa shape index (κ3) is 4.81. The summed E-state index contributed by atoms with van der Waals surface area (Å²) in [4.78, 5) is 16.5. The quantitative estimate of drug-likeness (QED) is 0.741. The third-order valence-corrected chi connectivity index (χ3v) is 3.68. The standard InChI is InChI=1S/C19H25N3O/c1-4-5-11-21-19(23)15-10-12-20-18(13-15)22-17-9-7-6-8-16(17)14(2)3/h6-10,12-14H,4-5,11H2,1-3H3,(H,20,22)(H,21,23). The van der Waals surface area contributed by atoms with Gasteiger partial charge in [-0.2, -0.15) is 0 Å². The van der Waals surface area contributed by atoms with E-state index >= 15 is 0 Å². The zero-order valence-corrected chi connectivity index (χ0v) is 14.1. The molecule has 0 saturated heterocycles. The van der Waals surface area contributed by atoms with Crippen molar-refractivity contribution in [3.63, 3.8) is 0 Å². The largest absolute Gasteiger partial charge is 0.352 e. The van der Waals surface area contributed by atoms with Crippen molar-refractivity contribution < 1.29 is 4.79 Å². The van der Waals surface area contributed by atoms with Gasteiger partial charge in [-0.25, -0.2) is 4.98 Å². The van der Waals surface area contributed by atoms with Crippen LogP contribution in [0.5, 0.6) is 0 Å². The van der Waals surface area contributed by atoms with Gasteiger partial charge in [0, 0.05) is 24.0 Å². The first-order chi connectivity index (χ1) is 11.1. The number of para-hydroxylation sites is 1. The Labute approximate surface area is 138 Å². The molecule has 4 heteroatoms. The Kier molecular flexibility index (Phi) is 6.15. The lowest BCUT2D eigenvalue weighted by atomic mass is 10.0. The van der Waals surface area contributed by atoms with Crippen molar-refractivity contribution in [1.29, 1.82) is 0 Å². The molecule has 1 aromatic carbocycles. The minimum Gasteiger partial charge on any atom is -0.352 e. The van der Waals surface area contributed by atoms with E-state index in [0.29, 0.717) is 23.8 Å². The zero-order valence-electron chi connectivity index (χ0n) is 14.1. The highest BCUT2D eigenvalue weighted by molar-refractivity contribution is 5.94. The molecule has 23 heavy (non-hydrogen) atoms. The Morgan fingerprint density at radius 1 is 1.22 bits per heavy atom. The maximum Gasteiger partial charge on any atom is 0.251 e. The summed E-state index contributed by atoms with van der Waals surface area (Å²) in [7, 11) is 0. The van der Waals surface area contributed by atoms with Gasteiger partial charge in [0.05, 0.1) is 0 Å². The van der Waals surface area contributed by atoms with E-state index in [1.54, 1.807) is 18.3 Å². The third-order valence-electron chi connectivity index (χ3n) is 3.68. The van der Waals surface area contributed by atoms with Crippen molar-refractivity contribution in [2.24, 2.45) is 0 Å². The van der Waals surface area contributed by atoms with Crippen molar-refractivity contribution in [3.8, 4) is 0 Å². The molecule has 0 aliphatic heterocycles. The van der Waals surface area contributed by atoms with Gasteiger partial charge in [-0.3, -0.25) is 4.79 Å². The molecule has 122 valence electrons. The number of carbonyl (C=O) groups excluding carboxylic acids is 1. The van der Waals surface area contributed by atoms with E-state index in [0.717, 1.165) is 18.5 Å². The van der Waals surface area contributed by atoms with E-state index in [2.05, 4.69) is 42.5 Å². The lowest BCUT2D eigenvalue weighted by Gasteiger charge is -2.14. The van der Waals surface area contributed by atoms with Crippen molar-refractivity contribution in [3.05, 3.63) is 53.7 Å². The van der Waals surface area contributed by atoms with Crippen LogP contribution in [0.25, 0.3) is 0 Å². The number of rotatable bonds is 7. The van der Waals surface area contributed by atoms with Gasteiger partial charge in [0.2, 0.25) is 0 Å². The van der Waals surface area contributed by atoms with Crippen molar-refractivity contribution in [2.45, 2.75) is 39.5 Å². The Balaban J connectivity index is 2.13. The molecule has 1 aromatic heterocycles. The summed E-state index contributed by atoms with van der Waals surface area (Å²) < 4.78 is 0. The second kappa shape index (κ2) is 8.32. The number of hydrogen-bond donors (Lipinski definition) is 2. The molecule has 2 aromatic rings. The monoisotopic (exact) mass is 311 g/mol. The Morgan fingerprint density at radius 3 is 2.74 bits per heavy atom. The highest BCUT2D eigenvalue weighted by Gasteiger charge is 2.09. The number of aromatic nitrogens is 1. The summed E-state index contributed by atoms with van der Waals surface area (Å²) in [5.74, 6) is 1.04. The maximum atomic E-state index is 12.1. The number of nitrogens with one attached hydrogen (secondary N) is 2. The van der Waals surface area contributed by atoms with Gasteiger partial charge in [0.15, 0.2) is 0 Å².